The highest BCUT2D eigenvalue weighted by Crippen LogP contribution is 2.38. The highest BCUT2D eigenvalue weighted by atomic mass is 127. The SMILES string of the molecule is CCOC(=O)C(CCCCCI)C(=O)OCC.CCOC(=O)C1(C(=O)OCC)CCCCC1.CCOC(=O)CC(=O)OCC. The van der Waals surface area contributed by atoms with Crippen LogP contribution in [-0.4, -0.2) is 79.9 Å². The van der Waals surface area contributed by atoms with Crippen molar-refractivity contribution in [2.45, 2.75) is 106 Å². The van der Waals surface area contributed by atoms with Crippen LogP contribution in [0.25, 0.3) is 0 Å². The van der Waals surface area contributed by atoms with E-state index in [-0.39, 0.29) is 19.6 Å². The Bertz CT molecular complexity index is 786. The molecule has 0 aromatic heterocycles. The third-order valence-electron chi connectivity index (χ3n) is 6.21. The zero-order valence-electron chi connectivity index (χ0n) is 27.4. The molecule has 0 N–H and O–H groups in total. The molecule has 1 saturated carbocycles. The number of alkyl halides is 1. The minimum absolute atomic E-state index is 0.290. The Kier molecular flexibility index (Phi) is 27.8. The minimum atomic E-state index is -1.02. The van der Waals surface area contributed by atoms with Crippen LogP contribution in [0.4, 0.5) is 0 Å². The van der Waals surface area contributed by atoms with E-state index >= 15 is 0 Å². The molecule has 256 valence electrons. The van der Waals surface area contributed by atoms with Crippen molar-refractivity contribution in [3.63, 3.8) is 0 Å². The van der Waals surface area contributed by atoms with Crippen LogP contribution in [-0.2, 0) is 57.2 Å². The molecule has 0 radical (unpaired) electrons. The summed E-state index contributed by atoms with van der Waals surface area (Å²) in [5.74, 6) is -3.55. The number of unbranched alkanes of at least 4 members (excludes halogenated alkanes) is 2. The van der Waals surface area contributed by atoms with E-state index in [1.165, 1.54) is 0 Å². The average Bonchev–Trinajstić information content (AvgIpc) is 2.99. The van der Waals surface area contributed by atoms with Crippen molar-refractivity contribution in [3.05, 3.63) is 0 Å². The van der Waals surface area contributed by atoms with Crippen molar-refractivity contribution in [2.24, 2.45) is 11.3 Å². The lowest BCUT2D eigenvalue weighted by molar-refractivity contribution is -0.175. The van der Waals surface area contributed by atoms with Gasteiger partial charge in [-0.15, -0.1) is 0 Å². The predicted octanol–water partition coefficient (Wildman–Crippen LogP) is 5.29. The quantitative estimate of drug-likeness (QED) is 0.0474. The second-order valence-corrected chi connectivity index (χ2v) is 10.5. The molecule has 0 heterocycles. The van der Waals surface area contributed by atoms with Crippen LogP contribution >= 0.6 is 22.6 Å². The lowest BCUT2D eigenvalue weighted by atomic mass is 9.74. The molecule has 0 aromatic carbocycles. The number of esters is 6. The smallest absolute Gasteiger partial charge is 0.323 e. The Morgan fingerprint density at radius 2 is 0.977 bits per heavy atom. The molecule has 1 aliphatic rings. The first kappa shape index (κ1) is 43.7. The van der Waals surface area contributed by atoms with Crippen molar-refractivity contribution in [1.82, 2.24) is 0 Å². The molecule has 1 aliphatic carbocycles. The topological polar surface area (TPSA) is 158 Å². The van der Waals surface area contributed by atoms with Crippen molar-refractivity contribution in [2.75, 3.05) is 44.1 Å². The standard InChI is InChI=1S/C12H21IO4.C12H20O4.C7H12O4/c1-3-16-11(14)10(12(15)17-4-2)8-6-5-7-9-13;1-3-15-10(13)12(11(14)16-4-2)8-6-5-7-9-12;1-3-10-6(8)5-7(9)11-4-2/h10H,3-9H2,1-2H3;3-9H2,1-2H3;3-5H2,1-2H3. The van der Waals surface area contributed by atoms with Gasteiger partial charge in [0.15, 0.2) is 11.3 Å². The van der Waals surface area contributed by atoms with Gasteiger partial charge in [0, 0.05) is 0 Å². The summed E-state index contributed by atoms with van der Waals surface area (Å²) in [6.45, 7) is 12.1. The minimum Gasteiger partial charge on any atom is -0.466 e. The van der Waals surface area contributed by atoms with Gasteiger partial charge in [-0.3, -0.25) is 28.8 Å². The molecule has 0 aliphatic heterocycles. The van der Waals surface area contributed by atoms with Crippen LogP contribution < -0.4 is 0 Å². The fourth-order valence-corrected chi connectivity index (χ4v) is 4.70. The maximum absolute atomic E-state index is 11.9. The van der Waals surface area contributed by atoms with Gasteiger partial charge in [-0.1, -0.05) is 54.7 Å². The Morgan fingerprint density at radius 1 is 0.568 bits per heavy atom. The van der Waals surface area contributed by atoms with Gasteiger partial charge in [0.2, 0.25) is 0 Å². The van der Waals surface area contributed by atoms with Crippen LogP contribution in [0.3, 0.4) is 0 Å². The molecule has 0 saturated heterocycles. The summed E-state index contributed by atoms with van der Waals surface area (Å²) >= 11 is 2.31. The van der Waals surface area contributed by atoms with Gasteiger partial charge in [-0.05, 0) is 71.7 Å². The molecule has 0 atom stereocenters. The first-order valence-electron chi connectivity index (χ1n) is 15.6. The fraction of sp³-hybridized carbons (Fsp3) is 0.806. The van der Waals surface area contributed by atoms with E-state index in [9.17, 15) is 28.8 Å². The van der Waals surface area contributed by atoms with Gasteiger partial charge in [0.05, 0.1) is 39.6 Å². The number of ether oxygens (including phenoxy) is 6. The lowest BCUT2D eigenvalue weighted by Gasteiger charge is -2.32. The predicted molar refractivity (Wildman–Crippen MR) is 171 cm³/mol. The maximum atomic E-state index is 11.9. The van der Waals surface area contributed by atoms with Crippen molar-refractivity contribution in [3.8, 4) is 0 Å². The second kappa shape index (κ2) is 28.1. The van der Waals surface area contributed by atoms with E-state index in [1.54, 1.807) is 41.5 Å². The van der Waals surface area contributed by atoms with Crippen LogP contribution in [0.5, 0.6) is 0 Å². The molecule has 0 aromatic rings. The van der Waals surface area contributed by atoms with E-state index in [4.69, 9.17) is 18.9 Å². The third-order valence-corrected chi connectivity index (χ3v) is 6.97. The van der Waals surface area contributed by atoms with E-state index in [1.807, 2.05) is 0 Å². The van der Waals surface area contributed by atoms with Gasteiger partial charge < -0.3 is 28.4 Å². The Labute approximate surface area is 276 Å². The zero-order valence-corrected chi connectivity index (χ0v) is 29.5. The number of carbonyl (C=O) groups excluding carboxylic acids is 6. The summed E-state index contributed by atoms with van der Waals surface area (Å²) in [6.07, 6.45) is 7.18. The largest absolute Gasteiger partial charge is 0.466 e. The molecule has 1 fully saturated rings. The van der Waals surface area contributed by atoms with Gasteiger partial charge in [0.1, 0.15) is 6.42 Å². The van der Waals surface area contributed by atoms with E-state index < -0.39 is 47.1 Å². The van der Waals surface area contributed by atoms with Crippen LogP contribution in [0.2, 0.25) is 0 Å². The van der Waals surface area contributed by atoms with Gasteiger partial charge in [0.25, 0.3) is 0 Å². The number of hydrogen-bond donors (Lipinski definition) is 0. The Hall–Kier alpha value is -2.45. The second-order valence-electron chi connectivity index (χ2n) is 9.47. The molecule has 0 spiro atoms. The highest BCUT2D eigenvalue weighted by molar-refractivity contribution is 14.1. The summed E-state index contributed by atoms with van der Waals surface area (Å²) in [7, 11) is 0. The summed E-state index contributed by atoms with van der Waals surface area (Å²) in [6, 6.07) is 0. The first-order valence-corrected chi connectivity index (χ1v) is 17.1. The monoisotopic (exact) mass is 744 g/mol. The van der Waals surface area contributed by atoms with Gasteiger partial charge in [-0.2, -0.15) is 0 Å². The zero-order chi connectivity index (χ0) is 33.8. The summed E-state index contributed by atoms with van der Waals surface area (Å²) in [4.78, 5) is 68.2. The molecule has 0 bridgehead atoms. The molecular formula is C31H53IO12. The molecule has 0 amide bonds. The van der Waals surface area contributed by atoms with Crippen LogP contribution in [0.1, 0.15) is 106 Å². The van der Waals surface area contributed by atoms with Crippen LogP contribution in [0.15, 0.2) is 0 Å². The number of carbonyl (C=O) groups is 6. The summed E-state index contributed by atoms with van der Waals surface area (Å²) in [5.41, 5.74) is -1.02. The highest BCUT2D eigenvalue weighted by Gasteiger charge is 2.49. The molecule has 1 rings (SSSR count). The number of rotatable bonds is 17. The third kappa shape index (κ3) is 19.0. The average molecular weight is 745 g/mol. The van der Waals surface area contributed by atoms with Crippen LogP contribution in [0, 0.1) is 11.3 Å². The molecule has 0 unspecified atom stereocenters. The van der Waals surface area contributed by atoms with E-state index in [0.29, 0.717) is 45.7 Å². The first-order chi connectivity index (χ1) is 21.0. The molecular weight excluding hydrogens is 691 g/mol. The molecule has 12 nitrogen and oxygen atoms in total. The van der Waals surface area contributed by atoms with Crippen molar-refractivity contribution < 1.29 is 57.2 Å². The molecule has 13 heteroatoms. The van der Waals surface area contributed by atoms with E-state index in [2.05, 4.69) is 32.1 Å². The summed E-state index contributed by atoms with van der Waals surface area (Å²) < 4.78 is 29.9. The van der Waals surface area contributed by atoms with E-state index in [0.717, 1.165) is 43.0 Å². The van der Waals surface area contributed by atoms with Gasteiger partial charge >= 0.3 is 35.8 Å². The maximum Gasteiger partial charge on any atom is 0.323 e. The fourth-order valence-electron chi connectivity index (χ4n) is 4.16. The number of hydrogen-bond acceptors (Lipinski definition) is 12. The van der Waals surface area contributed by atoms with Crippen molar-refractivity contribution >= 4 is 58.4 Å². The Morgan fingerprint density at radius 3 is 1.34 bits per heavy atom. The summed E-state index contributed by atoms with van der Waals surface area (Å²) in [5, 5.41) is 0. The normalized spacial score (nSPS) is 13.1. The Balaban J connectivity index is 0. The molecule has 44 heavy (non-hydrogen) atoms. The van der Waals surface area contributed by atoms with Gasteiger partial charge in [-0.25, -0.2) is 0 Å². The lowest BCUT2D eigenvalue weighted by Crippen LogP contribution is -2.43. The van der Waals surface area contributed by atoms with Crippen molar-refractivity contribution in [1.29, 1.82) is 0 Å². The number of halogens is 1.